The topological polar surface area (TPSA) is 194 Å². The van der Waals surface area contributed by atoms with Gasteiger partial charge in [0.05, 0.1) is 6.54 Å². The minimum atomic E-state index is -1.28. The van der Waals surface area contributed by atoms with Crippen LogP contribution in [-0.4, -0.2) is 65.1 Å². The molecule has 1 aromatic carbocycles. The number of nitrogens with two attached hydrogens (primary N) is 2. The Balaban J connectivity index is 3.04. The van der Waals surface area contributed by atoms with E-state index in [0.717, 1.165) is 0 Å². The number of benzene rings is 1. The molecule has 0 saturated carbocycles. The Morgan fingerprint density at radius 3 is 2.03 bits per heavy atom. The summed E-state index contributed by atoms with van der Waals surface area (Å²) in [6, 6.07) is 5.18. The summed E-state index contributed by atoms with van der Waals surface area (Å²) < 4.78 is 0. The van der Waals surface area contributed by atoms with Crippen LogP contribution in [0.1, 0.15) is 18.4 Å². The van der Waals surface area contributed by atoms with Crippen LogP contribution < -0.4 is 27.4 Å². The third kappa shape index (κ3) is 9.49. The van der Waals surface area contributed by atoms with E-state index in [1.165, 1.54) is 0 Å². The van der Waals surface area contributed by atoms with Crippen LogP contribution in [0.5, 0.6) is 0 Å². The Morgan fingerprint density at radius 2 is 1.52 bits per heavy atom. The molecule has 11 nitrogen and oxygen atoms in total. The molecule has 0 radical (unpaired) electrons. The van der Waals surface area contributed by atoms with Gasteiger partial charge in [-0.3, -0.25) is 19.2 Å². The van der Waals surface area contributed by atoms with E-state index < -0.39 is 47.7 Å². The molecule has 12 heteroatoms. The lowest BCUT2D eigenvalue weighted by Gasteiger charge is -2.24. The maximum absolute atomic E-state index is 12.8. The van der Waals surface area contributed by atoms with Crippen LogP contribution in [0, 0.1) is 0 Å². The summed E-state index contributed by atoms with van der Waals surface area (Å²) in [5.41, 5.74) is 11.1. The van der Waals surface area contributed by atoms with E-state index in [-0.39, 0.29) is 31.6 Å². The van der Waals surface area contributed by atoms with Crippen molar-refractivity contribution in [2.45, 2.75) is 37.4 Å². The lowest BCUT2D eigenvalue weighted by Crippen LogP contribution is -2.57. The molecule has 3 atom stereocenters. The number of rotatable bonds is 13. The van der Waals surface area contributed by atoms with E-state index in [2.05, 4.69) is 28.6 Å². The van der Waals surface area contributed by atoms with E-state index in [1.54, 1.807) is 30.3 Å². The van der Waals surface area contributed by atoms with Gasteiger partial charge >= 0.3 is 5.97 Å². The molecule has 0 aliphatic carbocycles. The zero-order valence-electron chi connectivity index (χ0n) is 16.7. The average molecular weight is 454 g/mol. The number of hydrogen-bond donors (Lipinski definition) is 7. The molecule has 0 heterocycles. The molecule has 0 fully saturated rings. The summed E-state index contributed by atoms with van der Waals surface area (Å²) in [5.74, 6) is -4.20. The van der Waals surface area contributed by atoms with E-state index in [1.807, 2.05) is 0 Å². The molecule has 31 heavy (non-hydrogen) atoms. The standard InChI is InChI=1S/C19H27N5O6S/c20-9-16(26)22-12(6-7-15(21)25)17(27)23-13(8-11-4-2-1-3-5-11)18(28)24-14(10-31)19(29)30/h1-5,12-14,31H,6-10,20H2,(H2,21,25)(H,22,26)(H,23,27)(H,24,28)(H,29,30). The van der Waals surface area contributed by atoms with Crippen LogP contribution in [0.4, 0.5) is 0 Å². The zero-order chi connectivity index (χ0) is 23.4. The molecule has 1 rings (SSSR count). The van der Waals surface area contributed by atoms with Crippen molar-refractivity contribution in [3.63, 3.8) is 0 Å². The van der Waals surface area contributed by atoms with Crippen molar-refractivity contribution in [3.05, 3.63) is 35.9 Å². The first kappa shape index (κ1) is 25.9. The summed E-state index contributed by atoms with van der Waals surface area (Å²) in [5, 5.41) is 16.4. The third-order valence-electron chi connectivity index (χ3n) is 4.23. The van der Waals surface area contributed by atoms with Crippen molar-refractivity contribution < 1.29 is 29.1 Å². The number of carboxylic acid groups (broad SMARTS) is 1. The molecule has 1 aromatic rings. The van der Waals surface area contributed by atoms with E-state index >= 15 is 0 Å². The quantitative estimate of drug-likeness (QED) is 0.166. The summed E-state index contributed by atoms with van der Waals surface area (Å²) >= 11 is 3.91. The summed E-state index contributed by atoms with van der Waals surface area (Å²) in [7, 11) is 0. The minimum absolute atomic E-state index is 0.0602. The number of carbonyl (C=O) groups is 5. The van der Waals surface area contributed by atoms with Gasteiger partial charge < -0.3 is 32.5 Å². The van der Waals surface area contributed by atoms with Gasteiger partial charge in [0.15, 0.2) is 0 Å². The molecular weight excluding hydrogens is 426 g/mol. The highest BCUT2D eigenvalue weighted by Crippen LogP contribution is 2.06. The smallest absolute Gasteiger partial charge is 0.327 e. The molecule has 3 unspecified atom stereocenters. The predicted molar refractivity (Wildman–Crippen MR) is 115 cm³/mol. The van der Waals surface area contributed by atoms with Crippen LogP contribution >= 0.6 is 12.6 Å². The molecule has 0 aromatic heterocycles. The highest BCUT2D eigenvalue weighted by atomic mass is 32.1. The van der Waals surface area contributed by atoms with E-state index in [0.29, 0.717) is 5.56 Å². The first-order chi connectivity index (χ1) is 14.7. The van der Waals surface area contributed by atoms with Gasteiger partial charge in [-0.15, -0.1) is 0 Å². The van der Waals surface area contributed by atoms with Gasteiger partial charge in [0.25, 0.3) is 0 Å². The normalized spacial score (nSPS) is 13.4. The van der Waals surface area contributed by atoms with Crippen molar-refractivity contribution in [2.24, 2.45) is 11.5 Å². The Morgan fingerprint density at radius 1 is 0.935 bits per heavy atom. The molecule has 0 aliphatic rings. The van der Waals surface area contributed by atoms with Gasteiger partial charge in [0.2, 0.25) is 23.6 Å². The lowest BCUT2D eigenvalue weighted by atomic mass is 10.0. The first-order valence-electron chi connectivity index (χ1n) is 9.44. The van der Waals surface area contributed by atoms with Crippen molar-refractivity contribution in [3.8, 4) is 0 Å². The second-order valence-corrected chi connectivity index (χ2v) is 7.03. The predicted octanol–water partition coefficient (Wildman–Crippen LogP) is -2.08. The molecule has 4 amide bonds. The highest BCUT2D eigenvalue weighted by molar-refractivity contribution is 7.80. The third-order valence-corrected chi connectivity index (χ3v) is 4.59. The molecule has 0 bridgehead atoms. The van der Waals surface area contributed by atoms with Crippen molar-refractivity contribution >= 4 is 42.2 Å². The highest BCUT2D eigenvalue weighted by Gasteiger charge is 2.29. The Kier molecular flexibility index (Phi) is 11.1. The first-order valence-corrected chi connectivity index (χ1v) is 10.1. The molecule has 0 saturated heterocycles. The van der Waals surface area contributed by atoms with Crippen LogP contribution in [0.15, 0.2) is 30.3 Å². The average Bonchev–Trinajstić information content (AvgIpc) is 2.74. The number of thiol groups is 1. The molecule has 8 N–H and O–H groups in total. The van der Waals surface area contributed by atoms with Crippen molar-refractivity contribution in [1.82, 2.24) is 16.0 Å². The number of nitrogens with one attached hydrogen (secondary N) is 3. The SMILES string of the molecule is NCC(=O)NC(CCC(N)=O)C(=O)NC(Cc1ccccc1)C(=O)NC(CS)C(=O)O. The molecule has 0 aliphatic heterocycles. The van der Waals surface area contributed by atoms with Gasteiger partial charge in [-0.25, -0.2) is 4.79 Å². The van der Waals surface area contributed by atoms with Crippen molar-refractivity contribution in [1.29, 1.82) is 0 Å². The van der Waals surface area contributed by atoms with Gasteiger partial charge in [-0.2, -0.15) is 12.6 Å². The number of hydrogen-bond acceptors (Lipinski definition) is 7. The summed E-state index contributed by atoms with van der Waals surface area (Å²) in [6.45, 7) is -0.378. The monoisotopic (exact) mass is 453 g/mol. The fourth-order valence-electron chi connectivity index (χ4n) is 2.60. The van der Waals surface area contributed by atoms with Crippen LogP contribution in [-0.2, 0) is 30.4 Å². The molecule has 170 valence electrons. The van der Waals surface area contributed by atoms with Gasteiger partial charge in [-0.05, 0) is 12.0 Å². The van der Waals surface area contributed by atoms with E-state index in [9.17, 15) is 24.0 Å². The minimum Gasteiger partial charge on any atom is -0.480 e. The Labute approximate surface area is 184 Å². The van der Waals surface area contributed by atoms with Crippen LogP contribution in [0.25, 0.3) is 0 Å². The van der Waals surface area contributed by atoms with Crippen LogP contribution in [0.3, 0.4) is 0 Å². The molecular formula is C19H27N5O6S. The fraction of sp³-hybridized carbons (Fsp3) is 0.421. The molecule has 0 spiro atoms. The fourth-order valence-corrected chi connectivity index (χ4v) is 2.85. The number of carboxylic acids is 1. The number of primary amides is 1. The second-order valence-electron chi connectivity index (χ2n) is 6.66. The number of aliphatic carboxylic acids is 1. The summed E-state index contributed by atoms with van der Waals surface area (Å²) in [4.78, 5) is 59.5. The van der Waals surface area contributed by atoms with Crippen LogP contribution in [0.2, 0.25) is 0 Å². The number of carbonyl (C=O) groups excluding carboxylic acids is 4. The second kappa shape index (κ2) is 13.2. The Bertz CT molecular complexity index is 791. The number of amides is 4. The van der Waals surface area contributed by atoms with Gasteiger partial charge in [0, 0.05) is 18.6 Å². The maximum Gasteiger partial charge on any atom is 0.327 e. The maximum atomic E-state index is 12.8. The Hall–Kier alpha value is -3.12. The van der Waals surface area contributed by atoms with E-state index in [4.69, 9.17) is 16.6 Å². The van der Waals surface area contributed by atoms with Gasteiger partial charge in [-0.1, -0.05) is 30.3 Å². The largest absolute Gasteiger partial charge is 0.480 e. The van der Waals surface area contributed by atoms with Crippen molar-refractivity contribution in [2.75, 3.05) is 12.3 Å². The van der Waals surface area contributed by atoms with Gasteiger partial charge in [0.1, 0.15) is 18.1 Å². The summed E-state index contributed by atoms with van der Waals surface area (Å²) in [6.07, 6.45) is -0.217. The zero-order valence-corrected chi connectivity index (χ0v) is 17.6. The lowest BCUT2D eigenvalue weighted by molar-refractivity contribution is -0.141.